The molecule has 4 heteroatoms. The van der Waals surface area contributed by atoms with Crippen molar-refractivity contribution in [3.63, 3.8) is 0 Å². The number of alkyl halides is 3. The molecular formula is C15H13F3O. The Bertz CT molecular complexity index is 544. The predicted molar refractivity (Wildman–Crippen MR) is 68.0 cm³/mol. The highest BCUT2D eigenvalue weighted by Gasteiger charge is 2.33. The molecule has 2 aromatic carbocycles. The minimum atomic E-state index is -4.35. The minimum Gasteiger partial charge on any atom is -0.494 e. The molecule has 100 valence electrons. The van der Waals surface area contributed by atoms with Crippen LogP contribution in [0.15, 0.2) is 48.5 Å². The third-order valence-corrected chi connectivity index (χ3v) is 2.71. The molecular weight excluding hydrogens is 253 g/mol. The SMILES string of the molecule is CCOc1ccc(-c2ccccc2C(F)(F)F)cc1. The van der Waals surface area contributed by atoms with Gasteiger partial charge >= 0.3 is 6.18 Å². The smallest absolute Gasteiger partial charge is 0.417 e. The van der Waals surface area contributed by atoms with Crippen LogP contribution in [-0.2, 0) is 6.18 Å². The fraction of sp³-hybridized carbons (Fsp3) is 0.200. The lowest BCUT2D eigenvalue weighted by molar-refractivity contribution is -0.137. The summed E-state index contributed by atoms with van der Waals surface area (Å²) in [7, 11) is 0. The van der Waals surface area contributed by atoms with Gasteiger partial charge in [-0.05, 0) is 36.2 Å². The van der Waals surface area contributed by atoms with Crippen molar-refractivity contribution in [1.82, 2.24) is 0 Å². The zero-order valence-corrected chi connectivity index (χ0v) is 10.4. The van der Waals surface area contributed by atoms with E-state index in [9.17, 15) is 13.2 Å². The number of benzene rings is 2. The average molecular weight is 266 g/mol. The molecule has 0 unspecified atom stereocenters. The largest absolute Gasteiger partial charge is 0.494 e. The summed E-state index contributed by atoms with van der Waals surface area (Å²) in [6.07, 6.45) is -4.35. The van der Waals surface area contributed by atoms with Crippen molar-refractivity contribution >= 4 is 0 Å². The fourth-order valence-electron chi connectivity index (χ4n) is 1.88. The Morgan fingerprint density at radius 1 is 0.947 bits per heavy atom. The van der Waals surface area contributed by atoms with E-state index in [1.807, 2.05) is 6.92 Å². The molecule has 2 rings (SSSR count). The van der Waals surface area contributed by atoms with Crippen LogP contribution in [0.2, 0.25) is 0 Å². The van der Waals surface area contributed by atoms with Crippen molar-refractivity contribution < 1.29 is 17.9 Å². The van der Waals surface area contributed by atoms with Gasteiger partial charge in [0.05, 0.1) is 12.2 Å². The molecule has 0 saturated carbocycles. The first kappa shape index (κ1) is 13.5. The highest BCUT2D eigenvalue weighted by molar-refractivity contribution is 5.68. The summed E-state index contributed by atoms with van der Waals surface area (Å²) in [5.41, 5.74) is 0.0774. The van der Waals surface area contributed by atoms with E-state index in [0.29, 0.717) is 17.9 Å². The average Bonchev–Trinajstić information content (AvgIpc) is 2.39. The van der Waals surface area contributed by atoms with E-state index in [1.54, 1.807) is 30.3 Å². The van der Waals surface area contributed by atoms with E-state index in [4.69, 9.17) is 4.74 Å². The molecule has 0 fully saturated rings. The van der Waals surface area contributed by atoms with Gasteiger partial charge in [-0.25, -0.2) is 0 Å². The van der Waals surface area contributed by atoms with Gasteiger partial charge in [0.2, 0.25) is 0 Å². The number of rotatable bonds is 3. The fourth-order valence-corrected chi connectivity index (χ4v) is 1.88. The first-order chi connectivity index (χ1) is 9.02. The lowest BCUT2D eigenvalue weighted by Gasteiger charge is -2.13. The van der Waals surface area contributed by atoms with E-state index in [0.717, 1.165) is 6.07 Å². The van der Waals surface area contributed by atoms with E-state index >= 15 is 0 Å². The van der Waals surface area contributed by atoms with E-state index in [1.165, 1.54) is 12.1 Å². The summed E-state index contributed by atoms with van der Waals surface area (Å²) in [6.45, 7) is 2.38. The molecule has 0 aliphatic rings. The third kappa shape index (κ3) is 3.08. The number of hydrogen-bond acceptors (Lipinski definition) is 1. The zero-order valence-electron chi connectivity index (χ0n) is 10.4. The number of halogens is 3. The Morgan fingerprint density at radius 3 is 2.16 bits per heavy atom. The van der Waals surface area contributed by atoms with Crippen LogP contribution >= 0.6 is 0 Å². The molecule has 0 aromatic heterocycles. The molecule has 19 heavy (non-hydrogen) atoms. The lowest BCUT2D eigenvalue weighted by atomic mass is 9.99. The highest BCUT2D eigenvalue weighted by atomic mass is 19.4. The van der Waals surface area contributed by atoms with Crippen molar-refractivity contribution in [2.24, 2.45) is 0 Å². The van der Waals surface area contributed by atoms with Crippen LogP contribution in [0.3, 0.4) is 0 Å². The van der Waals surface area contributed by atoms with Gasteiger partial charge in [0.25, 0.3) is 0 Å². The molecule has 0 heterocycles. The van der Waals surface area contributed by atoms with Crippen LogP contribution in [-0.4, -0.2) is 6.61 Å². The molecule has 0 amide bonds. The standard InChI is InChI=1S/C15H13F3O/c1-2-19-12-9-7-11(8-10-12)13-5-3-4-6-14(13)15(16,17)18/h3-10H,2H2,1H3. The van der Waals surface area contributed by atoms with Gasteiger partial charge in [0.15, 0.2) is 0 Å². The van der Waals surface area contributed by atoms with Crippen molar-refractivity contribution in [3.8, 4) is 16.9 Å². The van der Waals surface area contributed by atoms with Crippen LogP contribution < -0.4 is 4.74 Å². The molecule has 1 nitrogen and oxygen atoms in total. The lowest BCUT2D eigenvalue weighted by Crippen LogP contribution is -2.06. The number of ether oxygens (including phenoxy) is 1. The summed E-state index contributed by atoms with van der Waals surface area (Å²) in [5.74, 6) is 0.649. The first-order valence-corrected chi connectivity index (χ1v) is 5.92. The normalized spacial score (nSPS) is 11.4. The zero-order chi connectivity index (χ0) is 13.9. The van der Waals surface area contributed by atoms with Gasteiger partial charge in [-0.1, -0.05) is 30.3 Å². The molecule has 0 N–H and O–H groups in total. The van der Waals surface area contributed by atoms with Crippen LogP contribution in [0.1, 0.15) is 12.5 Å². The van der Waals surface area contributed by atoms with Crippen LogP contribution in [0.4, 0.5) is 13.2 Å². The Kier molecular flexibility index (Phi) is 3.79. The maximum atomic E-state index is 12.9. The van der Waals surface area contributed by atoms with Crippen molar-refractivity contribution in [3.05, 3.63) is 54.1 Å². The molecule has 0 saturated heterocycles. The summed E-state index contributed by atoms with van der Waals surface area (Å²) in [5, 5.41) is 0. The first-order valence-electron chi connectivity index (χ1n) is 5.92. The molecule has 0 aliphatic heterocycles. The van der Waals surface area contributed by atoms with Crippen LogP contribution in [0.25, 0.3) is 11.1 Å². The van der Waals surface area contributed by atoms with Gasteiger partial charge in [-0.3, -0.25) is 0 Å². The molecule has 0 aliphatic carbocycles. The van der Waals surface area contributed by atoms with Gasteiger partial charge in [-0.2, -0.15) is 13.2 Å². The second kappa shape index (κ2) is 5.34. The summed E-state index contributed by atoms with van der Waals surface area (Å²) >= 11 is 0. The second-order valence-corrected chi connectivity index (χ2v) is 4.00. The Labute approximate surface area is 109 Å². The highest BCUT2D eigenvalue weighted by Crippen LogP contribution is 2.37. The monoisotopic (exact) mass is 266 g/mol. The second-order valence-electron chi connectivity index (χ2n) is 4.00. The van der Waals surface area contributed by atoms with E-state index in [2.05, 4.69) is 0 Å². The molecule has 0 radical (unpaired) electrons. The Morgan fingerprint density at radius 2 is 1.58 bits per heavy atom. The van der Waals surface area contributed by atoms with Crippen molar-refractivity contribution in [1.29, 1.82) is 0 Å². The molecule has 0 bridgehead atoms. The van der Waals surface area contributed by atoms with Crippen LogP contribution in [0.5, 0.6) is 5.75 Å². The van der Waals surface area contributed by atoms with Crippen molar-refractivity contribution in [2.75, 3.05) is 6.61 Å². The van der Waals surface area contributed by atoms with Crippen LogP contribution in [0, 0.1) is 0 Å². The van der Waals surface area contributed by atoms with Gasteiger partial charge in [-0.15, -0.1) is 0 Å². The predicted octanol–water partition coefficient (Wildman–Crippen LogP) is 4.77. The summed E-state index contributed by atoms with van der Waals surface area (Å²) in [6, 6.07) is 12.2. The van der Waals surface area contributed by atoms with Gasteiger partial charge in [0, 0.05) is 0 Å². The summed E-state index contributed by atoms with van der Waals surface area (Å²) in [4.78, 5) is 0. The maximum Gasteiger partial charge on any atom is 0.417 e. The molecule has 2 aromatic rings. The summed E-state index contributed by atoms with van der Waals surface area (Å²) < 4.78 is 44.0. The minimum absolute atomic E-state index is 0.179. The Hall–Kier alpha value is -1.97. The van der Waals surface area contributed by atoms with E-state index in [-0.39, 0.29) is 5.56 Å². The van der Waals surface area contributed by atoms with E-state index < -0.39 is 11.7 Å². The quantitative estimate of drug-likeness (QED) is 0.777. The van der Waals surface area contributed by atoms with Gasteiger partial charge in [0.1, 0.15) is 5.75 Å². The third-order valence-electron chi connectivity index (χ3n) is 2.71. The Balaban J connectivity index is 2.42. The molecule has 0 atom stereocenters. The van der Waals surface area contributed by atoms with Crippen molar-refractivity contribution in [2.45, 2.75) is 13.1 Å². The van der Waals surface area contributed by atoms with Gasteiger partial charge < -0.3 is 4.74 Å². The number of hydrogen-bond donors (Lipinski definition) is 0. The molecule has 0 spiro atoms. The topological polar surface area (TPSA) is 9.23 Å². The maximum absolute atomic E-state index is 12.9.